The molecule has 0 amide bonds. The van der Waals surface area contributed by atoms with Gasteiger partial charge in [0.1, 0.15) is 0 Å². The smallest absolute Gasteiger partial charge is 0.330 e. The van der Waals surface area contributed by atoms with E-state index < -0.39 is 0 Å². The Bertz CT molecular complexity index is 317. The minimum absolute atomic E-state index is 0.370. The zero-order valence-corrected chi connectivity index (χ0v) is 7.90. The second kappa shape index (κ2) is 5.07. The molecule has 3 nitrogen and oxygen atoms in total. The fourth-order valence-electron chi connectivity index (χ4n) is 1.01. The third-order valence-corrected chi connectivity index (χ3v) is 1.78. The largest absolute Gasteiger partial charge is 0.462 e. The molecule has 0 fully saturated rings. The molecular weight excluding hydrogens is 178 g/mol. The summed E-state index contributed by atoms with van der Waals surface area (Å²) in [5.41, 5.74) is 7.35. The van der Waals surface area contributed by atoms with E-state index in [1.54, 1.807) is 0 Å². The third-order valence-electron chi connectivity index (χ3n) is 1.78. The van der Waals surface area contributed by atoms with Crippen molar-refractivity contribution in [2.45, 2.75) is 6.42 Å². The van der Waals surface area contributed by atoms with Crippen molar-refractivity contribution in [1.29, 1.82) is 0 Å². The molecule has 0 heterocycles. The van der Waals surface area contributed by atoms with Crippen LogP contribution in [0, 0.1) is 0 Å². The van der Waals surface area contributed by atoms with Crippen LogP contribution in [-0.4, -0.2) is 12.6 Å². The number of nitrogens with two attached hydrogens (primary N) is 1. The summed E-state index contributed by atoms with van der Waals surface area (Å²) in [7, 11) is 0. The van der Waals surface area contributed by atoms with E-state index in [1.807, 2.05) is 24.3 Å². The fraction of sp³-hybridized carbons (Fsp3) is 0.182. The maximum atomic E-state index is 10.7. The number of nitrogen functional groups attached to an aromatic ring is 1. The van der Waals surface area contributed by atoms with Crippen molar-refractivity contribution in [2.24, 2.45) is 0 Å². The monoisotopic (exact) mass is 191 g/mol. The summed E-state index contributed by atoms with van der Waals surface area (Å²) in [6.07, 6.45) is 1.85. The van der Waals surface area contributed by atoms with Crippen LogP contribution in [0.4, 0.5) is 5.69 Å². The highest BCUT2D eigenvalue weighted by Crippen LogP contribution is 2.05. The van der Waals surface area contributed by atoms with Crippen LogP contribution in [0.2, 0.25) is 0 Å². The minimum Gasteiger partial charge on any atom is -0.462 e. The van der Waals surface area contributed by atoms with Crippen LogP contribution in [-0.2, 0) is 16.0 Å². The first-order valence-corrected chi connectivity index (χ1v) is 4.36. The number of esters is 1. The first kappa shape index (κ1) is 10.3. The Morgan fingerprint density at radius 3 is 2.64 bits per heavy atom. The molecule has 0 atom stereocenters. The van der Waals surface area contributed by atoms with Crippen LogP contribution in [0.3, 0.4) is 0 Å². The summed E-state index contributed by atoms with van der Waals surface area (Å²) in [6.45, 7) is 3.68. The van der Waals surface area contributed by atoms with Gasteiger partial charge in [0.15, 0.2) is 0 Å². The van der Waals surface area contributed by atoms with E-state index in [9.17, 15) is 4.79 Å². The number of carbonyl (C=O) groups excluding carboxylic acids is 1. The highest BCUT2D eigenvalue weighted by molar-refractivity contribution is 5.81. The molecule has 1 aromatic rings. The van der Waals surface area contributed by atoms with Gasteiger partial charge in [0.2, 0.25) is 0 Å². The summed E-state index contributed by atoms with van der Waals surface area (Å²) in [5, 5.41) is 0. The molecule has 0 radical (unpaired) electrons. The van der Waals surface area contributed by atoms with Crippen LogP contribution in [0.15, 0.2) is 36.9 Å². The second-order valence-corrected chi connectivity index (χ2v) is 2.86. The predicted molar refractivity (Wildman–Crippen MR) is 55.7 cm³/mol. The van der Waals surface area contributed by atoms with E-state index in [0.29, 0.717) is 13.0 Å². The number of ether oxygens (including phenoxy) is 1. The molecule has 0 aromatic heterocycles. The molecule has 0 saturated carbocycles. The minimum atomic E-state index is -0.388. The van der Waals surface area contributed by atoms with Crippen molar-refractivity contribution in [2.75, 3.05) is 12.3 Å². The first-order chi connectivity index (χ1) is 6.72. The molecule has 0 unspecified atom stereocenters. The average Bonchev–Trinajstić information content (AvgIpc) is 2.21. The quantitative estimate of drug-likeness (QED) is 0.446. The first-order valence-electron chi connectivity index (χ1n) is 4.36. The summed E-state index contributed by atoms with van der Waals surface area (Å²) in [4.78, 5) is 10.7. The lowest BCUT2D eigenvalue weighted by atomic mass is 10.1. The fourth-order valence-corrected chi connectivity index (χ4v) is 1.01. The van der Waals surface area contributed by atoms with Gasteiger partial charge in [-0.3, -0.25) is 0 Å². The normalized spacial score (nSPS) is 9.43. The van der Waals surface area contributed by atoms with E-state index in [1.165, 1.54) is 0 Å². The maximum absolute atomic E-state index is 10.7. The van der Waals surface area contributed by atoms with E-state index in [2.05, 4.69) is 6.58 Å². The maximum Gasteiger partial charge on any atom is 0.330 e. The van der Waals surface area contributed by atoms with Gasteiger partial charge < -0.3 is 10.5 Å². The second-order valence-electron chi connectivity index (χ2n) is 2.86. The SMILES string of the molecule is C=CC(=O)OCCc1ccc(N)cc1. The molecule has 0 aliphatic heterocycles. The number of carbonyl (C=O) groups is 1. The highest BCUT2D eigenvalue weighted by atomic mass is 16.5. The molecule has 1 aromatic carbocycles. The molecule has 0 aliphatic carbocycles. The molecule has 0 bridgehead atoms. The Hall–Kier alpha value is -1.77. The van der Waals surface area contributed by atoms with Crippen molar-refractivity contribution in [3.63, 3.8) is 0 Å². The van der Waals surface area contributed by atoms with Gasteiger partial charge in [-0.25, -0.2) is 4.79 Å². The van der Waals surface area contributed by atoms with Gasteiger partial charge in [0.25, 0.3) is 0 Å². The van der Waals surface area contributed by atoms with E-state index >= 15 is 0 Å². The molecule has 0 aliphatic rings. The molecule has 1 rings (SSSR count). The van der Waals surface area contributed by atoms with Gasteiger partial charge in [0.05, 0.1) is 6.61 Å². The van der Waals surface area contributed by atoms with Gasteiger partial charge in [-0.05, 0) is 17.7 Å². The standard InChI is InChI=1S/C11H13NO2/c1-2-11(13)14-8-7-9-3-5-10(12)6-4-9/h2-6H,1,7-8,12H2. The third kappa shape index (κ3) is 3.31. The van der Waals surface area contributed by atoms with Crippen molar-refractivity contribution in [1.82, 2.24) is 0 Å². The van der Waals surface area contributed by atoms with Crippen LogP contribution in [0.1, 0.15) is 5.56 Å². The lowest BCUT2D eigenvalue weighted by molar-refractivity contribution is -0.137. The van der Waals surface area contributed by atoms with Crippen LogP contribution >= 0.6 is 0 Å². The lowest BCUT2D eigenvalue weighted by Crippen LogP contribution is -2.04. The Balaban J connectivity index is 2.35. The molecular formula is C11H13NO2. The molecule has 74 valence electrons. The summed E-state index contributed by atoms with van der Waals surface area (Å²) < 4.78 is 4.84. The zero-order chi connectivity index (χ0) is 10.4. The Morgan fingerprint density at radius 1 is 1.43 bits per heavy atom. The summed E-state index contributed by atoms with van der Waals surface area (Å²) in [6, 6.07) is 7.48. The van der Waals surface area contributed by atoms with Crippen LogP contribution in [0.5, 0.6) is 0 Å². The number of rotatable bonds is 4. The number of hydrogen-bond donors (Lipinski definition) is 1. The average molecular weight is 191 g/mol. The van der Waals surface area contributed by atoms with E-state index in [-0.39, 0.29) is 5.97 Å². The molecule has 14 heavy (non-hydrogen) atoms. The topological polar surface area (TPSA) is 52.3 Å². The number of benzene rings is 1. The van der Waals surface area contributed by atoms with Gasteiger partial charge in [0, 0.05) is 18.2 Å². The van der Waals surface area contributed by atoms with Crippen molar-refractivity contribution < 1.29 is 9.53 Å². The zero-order valence-electron chi connectivity index (χ0n) is 7.90. The molecule has 3 heteroatoms. The van der Waals surface area contributed by atoms with Gasteiger partial charge in [-0.15, -0.1) is 0 Å². The lowest BCUT2D eigenvalue weighted by Gasteiger charge is -2.02. The van der Waals surface area contributed by atoms with Crippen LogP contribution in [0.25, 0.3) is 0 Å². The Morgan fingerprint density at radius 2 is 2.07 bits per heavy atom. The molecule has 0 spiro atoms. The number of hydrogen-bond acceptors (Lipinski definition) is 3. The van der Waals surface area contributed by atoms with Crippen LogP contribution < -0.4 is 5.73 Å². The molecule has 0 saturated heterocycles. The number of anilines is 1. The van der Waals surface area contributed by atoms with E-state index in [4.69, 9.17) is 10.5 Å². The van der Waals surface area contributed by atoms with Gasteiger partial charge in [-0.2, -0.15) is 0 Å². The van der Waals surface area contributed by atoms with E-state index in [0.717, 1.165) is 17.3 Å². The van der Waals surface area contributed by atoms with Gasteiger partial charge in [-0.1, -0.05) is 18.7 Å². The molecule has 2 N–H and O–H groups in total. The predicted octanol–water partition coefficient (Wildman–Crippen LogP) is 1.54. The van der Waals surface area contributed by atoms with Crippen molar-refractivity contribution in [3.8, 4) is 0 Å². The van der Waals surface area contributed by atoms with Crippen molar-refractivity contribution >= 4 is 11.7 Å². The van der Waals surface area contributed by atoms with Crippen molar-refractivity contribution in [3.05, 3.63) is 42.5 Å². The highest BCUT2D eigenvalue weighted by Gasteiger charge is 1.96. The Labute approximate surface area is 83.2 Å². The summed E-state index contributed by atoms with van der Waals surface area (Å²) in [5.74, 6) is -0.388. The Kier molecular flexibility index (Phi) is 3.73. The summed E-state index contributed by atoms with van der Waals surface area (Å²) >= 11 is 0. The van der Waals surface area contributed by atoms with Gasteiger partial charge >= 0.3 is 5.97 Å².